The fourth-order valence-corrected chi connectivity index (χ4v) is 4.26. The molecule has 0 radical (unpaired) electrons. The summed E-state index contributed by atoms with van der Waals surface area (Å²) in [5.41, 5.74) is 5.83. The maximum atomic E-state index is 13.5. The van der Waals surface area contributed by atoms with E-state index in [-0.39, 0.29) is 5.91 Å². The van der Waals surface area contributed by atoms with Crippen LogP contribution < -0.4 is 9.80 Å². The zero-order valence-corrected chi connectivity index (χ0v) is 18.4. The van der Waals surface area contributed by atoms with Crippen molar-refractivity contribution in [3.8, 4) is 0 Å². The van der Waals surface area contributed by atoms with Crippen LogP contribution in [0.15, 0.2) is 60.8 Å². The molecular formula is C24H24N4OS. The quantitative estimate of drug-likeness (QED) is 0.447. The number of nitrogens with zero attached hydrogens (tertiary/aromatic N) is 4. The molecule has 0 aliphatic heterocycles. The van der Waals surface area contributed by atoms with Crippen LogP contribution >= 0.6 is 11.3 Å². The fourth-order valence-electron chi connectivity index (χ4n) is 3.22. The van der Waals surface area contributed by atoms with Crippen LogP contribution in [0, 0.1) is 13.8 Å². The molecule has 2 heterocycles. The molecule has 0 N–H and O–H groups in total. The smallest absolute Gasteiger partial charge is 0.260 e. The number of carbonyl (C=O) groups excluding carboxylic acids is 1. The van der Waals surface area contributed by atoms with Gasteiger partial charge in [-0.3, -0.25) is 14.7 Å². The summed E-state index contributed by atoms with van der Waals surface area (Å²) in [6.07, 6.45) is 1.74. The molecule has 2 aromatic heterocycles. The van der Waals surface area contributed by atoms with Gasteiger partial charge in [0.1, 0.15) is 0 Å². The number of hydrogen-bond acceptors (Lipinski definition) is 5. The Morgan fingerprint density at radius 2 is 1.73 bits per heavy atom. The van der Waals surface area contributed by atoms with Crippen LogP contribution in [0.3, 0.4) is 0 Å². The maximum absolute atomic E-state index is 13.5. The average Bonchev–Trinajstić information content (AvgIpc) is 3.15. The van der Waals surface area contributed by atoms with Gasteiger partial charge >= 0.3 is 0 Å². The Balaban J connectivity index is 1.75. The first-order valence-electron chi connectivity index (χ1n) is 9.79. The van der Waals surface area contributed by atoms with E-state index in [0.717, 1.165) is 21.6 Å². The molecule has 1 amide bonds. The van der Waals surface area contributed by atoms with Crippen LogP contribution in [0.2, 0.25) is 0 Å². The Bertz CT molecular complexity index is 1140. The molecule has 0 fully saturated rings. The van der Waals surface area contributed by atoms with E-state index >= 15 is 0 Å². The third kappa shape index (κ3) is 4.04. The van der Waals surface area contributed by atoms with Crippen molar-refractivity contribution in [3.05, 3.63) is 83.2 Å². The Morgan fingerprint density at radius 3 is 2.40 bits per heavy atom. The van der Waals surface area contributed by atoms with Crippen molar-refractivity contribution in [2.75, 3.05) is 23.9 Å². The normalized spacial score (nSPS) is 10.9. The summed E-state index contributed by atoms with van der Waals surface area (Å²) in [7, 11) is 3.96. The highest BCUT2D eigenvalue weighted by Gasteiger charge is 2.22. The summed E-state index contributed by atoms with van der Waals surface area (Å²) in [4.78, 5) is 26.4. The van der Waals surface area contributed by atoms with Crippen molar-refractivity contribution in [2.45, 2.75) is 20.4 Å². The summed E-state index contributed by atoms with van der Waals surface area (Å²) in [6, 6.07) is 17.6. The zero-order chi connectivity index (χ0) is 21.3. The molecule has 30 heavy (non-hydrogen) atoms. The number of carbonyl (C=O) groups is 1. The first kappa shape index (κ1) is 20.0. The topological polar surface area (TPSA) is 49.3 Å². The lowest BCUT2D eigenvalue weighted by atomic mass is 10.1. The number of fused-ring (bicyclic) bond motifs is 1. The van der Waals surface area contributed by atoms with Crippen LogP contribution in [0.1, 0.15) is 27.2 Å². The highest BCUT2D eigenvalue weighted by atomic mass is 32.1. The number of aromatic nitrogens is 2. The van der Waals surface area contributed by atoms with Crippen LogP contribution in [-0.2, 0) is 6.54 Å². The van der Waals surface area contributed by atoms with E-state index in [9.17, 15) is 4.79 Å². The number of thiazole rings is 1. The van der Waals surface area contributed by atoms with Crippen molar-refractivity contribution < 1.29 is 4.79 Å². The standard InChI is InChI=1S/C24H24N4OS/c1-16-13-21-22(14-17(16)2)30-24(26-21)28(15-19-7-5-6-12-25-19)23(29)18-8-10-20(11-9-18)27(3)4/h5-14H,15H2,1-4H3. The third-order valence-electron chi connectivity index (χ3n) is 5.15. The summed E-state index contributed by atoms with van der Waals surface area (Å²) >= 11 is 1.54. The van der Waals surface area contributed by atoms with E-state index in [0.29, 0.717) is 17.2 Å². The predicted octanol–water partition coefficient (Wildman–Crippen LogP) is 5.22. The summed E-state index contributed by atoms with van der Waals surface area (Å²) in [5.74, 6) is -0.0848. The molecule has 0 aliphatic rings. The molecule has 0 aliphatic carbocycles. The monoisotopic (exact) mass is 416 g/mol. The van der Waals surface area contributed by atoms with Gasteiger partial charge in [0.2, 0.25) is 0 Å². The van der Waals surface area contributed by atoms with Gasteiger partial charge in [-0.15, -0.1) is 0 Å². The molecule has 5 nitrogen and oxygen atoms in total. The van der Waals surface area contributed by atoms with Gasteiger partial charge in [-0.1, -0.05) is 17.4 Å². The van der Waals surface area contributed by atoms with Crippen LogP contribution in [0.25, 0.3) is 10.2 Å². The minimum atomic E-state index is -0.0848. The molecule has 0 spiro atoms. The second-order valence-electron chi connectivity index (χ2n) is 7.55. The number of hydrogen-bond donors (Lipinski definition) is 0. The number of anilines is 2. The van der Waals surface area contributed by atoms with Crippen molar-refractivity contribution in [1.29, 1.82) is 0 Å². The molecule has 0 saturated heterocycles. The molecule has 152 valence electrons. The Morgan fingerprint density at radius 1 is 1.00 bits per heavy atom. The average molecular weight is 417 g/mol. The molecule has 0 atom stereocenters. The van der Waals surface area contributed by atoms with Gasteiger partial charge in [0.15, 0.2) is 5.13 Å². The number of rotatable bonds is 5. The molecule has 4 rings (SSSR count). The third-order valence-corrected chi connectivity index (χ3v) is 6.19. The fraction of sp³-hybridized carbons (Fsp3) is 0.208. The van der Waals surface area contributed by atoms with E-state index in [1.807, 2.05) is 61.5 Å². The van der Waals surface area contributed by atoms with E-state index in [1.54, 1.807) is 11.1 Å². The Kier molecular flexibility index (Phi) is 5.50. The molecule has 6 heteroatoms. The number of aryl methyl sites for hydroxylation is 2. The molecule has 2 aromatic carbocycles. The number of benzene rings is 2. The van der Waals surface area contributed by atoms with Gasteiger partial charge in [-0.25, -0.2) is 4.98 Å². The van der Waals surface area contributed by atoms with Crippen molar-refractivity contribution >= 4 is 38.3 Å². The maximum Gasteiger partial charge on any atom is 0.260 e. The zero-order valence-electron chi connectivity index (χ0n) is 17.6. The second-order valence-corrected chi connectivity index (χ2v) is 8.56. The molecular weight excluding hydrogens is 392 g/mol. The van der Waals surface area contributed by atoms with E-state index < -0.39 is 0 Å². The van der Waals surface area contributed by atoms with Gasteiger partial charge in [0.05, 0.1) is 22.5 Å². The molecule has 0 unspecified atom stereocenters. The Hall–Kier alpha value is -3.25. The SMILES string of the molecule is Cc1cc2nc(N(Cc3ccccn3)C(=O)c3ccc(N(C)C)cc3)sc2cc1C. The first-order valence-corrected chi connectivity index (χ1v) is 10.6. The van der Waals surface area contributed by atoms with E-state index in [2.05, 4.69) is 31.0 Å². The van der Waals surface area contributed by atoms with Gasteiger partial charge in [-0.05, 0) is 73.5 Å². The second kappa shape index (κ2) is 8.24. The van der Waals surface area contributed by atoms with Gasteiger partial charge in [0, 0.05) is 31.5 Å². The summed E-state index contributed by atoms with van der Waals surface area (Å²) in [5, 5.41) is 0.683. The van der Waals surface area contributed by atoms with Crippen LogP contribution in [0.4, 0.5) is 10.8 Å². The molecule has 0 saturated carbocycles. The molecule has 0 bridgehead atoms. The number of pyridine rings is 1. The minimum absolute atomic E-state index is 0.0848. The van der Waals surface area contributed by atoms with Crippen LogP contribution in [-0.4, -0.2) is 30.0 Å². The van der Waals surface area contributed by atoms with Crippen molar-refractivity contribution in [2.24, 2.45) is 0 Å². The van der Waals surface area contributed by atoms with Gasteiger partial charge in [-0.2, -0.15) is 0 Å². The highest BCUT2D eigenvalue weighted by Crippen LogP contribution is 2.32. The lowest BCUT2D eigenvalue weighted by Crippen LogP contribution is -2.30. The summed E-state index contributed by atoms with van der Waals surface area (Å²) in [6.45, 7) is 4.54. The van der Waals surface area contributed by atoms with Crippen LogP contribution in [0.5, 0.6) is 0 Å². The molecule has 4 aromatic rings. The lowest BCUT2D eigenvalue weighted by Gasteiger charge is -2.20. The number of amides is 1. The lowest BCUT2D eigenvalue weighted by molar-refractivity contribution is 0.0985. The highest BCUT2D eigenvalue weighted by molar-refractivity contribution is 7.22. The van der Waals surface area contributed by atoms with E-state index in [4.69, 9.17) is 4.98 Å². The largest absolute Gasteiger partial charge is 0.378 e. The van der Waals surface area contributed by atoms with Crippen molar-refractivity contribution in [3.63, 3.8) is 0 Å². The van der Waals surface area contributed by atoms with E-state index in [1.165, 1.54) is 22.5 Å². The summed E-state index contributed by atoms with van der Waals surface area (Å²) < 4.78 is 1.08. The van der Waals surface area contributed by atoms with Gasteiger partial charge < -0.3 is 4.90 Å². The Labute approximate surface area is 180 Å². The first-order chi connectivity index (χ1) is 14.4. The minimum Gasteiger partial charge on any atom is -0.378 e. The van der Waals surface area contributed by atoms with Crippen molar-refractivity contribution in [1.82, 2.24) is 9.97 Å². The predicted molar refractivity (Wildman–Crippen MR) is 125 cm³/mol. The van der Waals surface area contributed by atoms with Gasteiger partial charge in [0.25, 0.3) is 5.91 Å².